The number of hydrogen-bond donors (Lipinski definition) is 2. The van der Waals surface area contributed by atoms with E-state index in [1.165, 1.54) is 0 Å². The highest BCUT2D eigenvalue weighted by Crippen LogP contribution is 2.31. The van der Waals surface area contributed by atoms with Gasteiger partial charge in [-0.1, -0.05) is 42.6 Å². The molecule has 0 fully saturated rings. The van der Waals surface area contributed by atoms with Crippen LogP contribution in [-0.2, 0) is 0 Å². The fourth-order valence-corrected chi connectivity index (χ4v) is 2.29. The van der Waals surface area contributed by atoms with Crippen LogP contribution in [0.4, 0.5) is 0 Å². The molecule has 16 heavy (non-hydrogen) atoms. The van der Waals surface area contributed by atoms with Gasteiger partial charge in [-0.25, -0.2) is 0 Å². The summed E-state index contributed by atoms with van der Waals surface area (Å²) in [6.45, 7) is 2.52. The summed E-state index contributed by atoms with van der Waals surface area (Å²) in [5.74, 6) is 0.0451. The number of aliphatic hydroxyl groups excluding tert-OH is 1. The van der Waals surface area contributed by atoms with E-state index >= 15 is 0 Å². The molecule has 0 radical (unpaired) electrons. The summed E-state index contributed by atoms with van der Waals surface area (Å²) in [4.78, 5) is 0. The molecule has 0 spiro atoms. The second-order valence-electron chi connectivity index (χ2n) is 3.90. The first kappa shape index (κ1) is 13.8. The molecular formula is C12H17Cl2NO. The quantitative estimate of drug-likeness (QED) is 0.854. The second kappa shape index (κ2) is 6.45. The predicted octanol–water partition coefficient (Wildman–Crippen LogP) is 3.40. The third kappa shape index (κ3) is 3.36. The van der Waals surface area contributed by atoms with Gasteiger partial charge in [-0.2, -0.15) is 0 Å². The van der Waals surface area contributed by atoms with E-state index in [-0.39, 0.29) is 5.92 Å². The van der Waals surface area contributed by atoms with Gasteiger partial charge >= 0.3 is 0 Å². The lowest BCUT2D eigenvalue weighted by molar-refractivity contribution is 0.107. The van der Waals surface area contributed by atoms with Crippen LogP contribution in [0.5, 0.6) is 0 Å². The molecule has 1 rings (SSSR count). The van der Waals surface area contributed by atoms with Gasteiger partial charge in [-0.3, -0.25) is 0 Å². The Kier molecular flexibility index (Phi) is 5.56. The van der Waals surface area contributed by atoms with Crippen LogP contribution in [-0.4, -0.2) is 11.7 Å². The number of rotatable bonds is 5. The van der Waals surface area contributed by atoms with Crippen LogP contribution < -0.4 is 5.73 Å². The normalized spacial score (nSPS) is 14.8. The first-order chi connectivity index (χ1) is 7.60. The van der Waals surface area contributed by atoms with Crippen LogP contribution in [0.15, 0.2) is 18.2 Å². The standard InChI is InChI=1S/C12H17Cl2NO/c1-2-3-8(7-15)12(16)10-5-4-9(13)6-11(10)14/h4-6,8,12,16H,2-3,7,15H2,1H3. The van der Waals surface area contributed by atoms with E-state index in [2.05, 4.69) is 6.92 Å². The van der Waals surface area contributed by atoms with Crippen LogP contribution in [0.1, 0.15) is 31.4 Å². The molecule has 2 unspecified atom stereocenters. The van der Waals surface area contributed by atoms with Gasteiger partial charge in [0.25, 0.3) is 0 Å². The zero-order chi connectivity index (χ0) is 12.1. The molecule has 0 aliphatic rings. The Morgan fingerprint density at radius 3 is 2.56 bits per heavy atom. The number of benzene rings is 1. The topological polar surface area (TPSA) is 46.2 Å². The Labute approximate surface area is 106 Å². The fourth-order valence-electron chi connectivity index (χ4n) is 1.77. The van der Waals surface area contributed by atoms with Crippen LogP contribution in [0.25, 0.3) is 0 Å². The lowest BCUT2D eigenvalue weighted by atomic mass is 9.92. The van der Waals surface area contributed by atoms with E-state index in [0.29, 0.717) is 22.2 Å². The molecule has 0 amide bonds. The molecule has 0 saturated heterocycles. The van der Waals surface area contributed by atoms with Crippen molar-refractivity contribution in [2.75, 3.05) is 6.54 Å². The summed E-state index contributed by atoms with van der Waals surface area (Å²) in [6.07, 6.45) is 1.26. The van der Waals surface area contributed by atoms with Gasteiger partial charge in [0, 0.05) is 16.0 Å². The summed E-state index contributed by atoms with van der Waals surface area (Å²) in [7, 11) is 0. The maximum Gasteiger partial charge on any atom is 0.0844 e. The smallest absolute Gasteiger partial charge is 0.0844 e. The maximum absolute atomic E-state index is 10.2. The Bertz CT molecular complexity index is 344. The molecular weight excluding hydrogens is 245 g/mol. The summed E-state index contributed by atoms with van der Waals surface area (Å²) >= 11 is 11.8. The van der Waals surface area contributed by atoms with Gasteiger partial charge < -0.3 is 10.8 Å². The summed E-state index contributed by atoms with van der Waals surface area (Å²) in [6, 6.07) is 5.13. The molecule has 3 N–H and O–H groups in total. The summed E-state index contributed by atoms with van der Waals surface area (Å²) in [5, 5.41) is 11.2. The molecule has 0 aliphatic heterocycles. The summed E-state index contributed by atoms with van der Waals surface area (Å²) in [5.41, 5.74) is 6.35. The molecule has 0 bridgehead atoms. The van der Waals surface area contributed by atoms with Crippen LogP contribution in [0, 0.1) is 5.92 Å². The van der Waals surface area contributed by atoms with Gasteiger partial charge in [0.05, 0.1) is 6.10 Å². The molecule has 0 saturated carbocycles. The molecule has 0 heterocycles. The Morgan fingerprint density at radius 2 is 2.06 bits per heavy atom. The molecule has 0 aliphatic carbocycles. The predicted molar refractivity (Wildman–Crippen MR) is 68.9 cm³/mol. The minimum atomic E-state index is -0.616. The third-order valence-corrected chi connectivity index (χ3v) is 3.25. The molecule has 2 nitrogen and oxygen atoms in total. The van der Waals surface area contributed by atoms with Gasteiger partial charge in [-0.15, -0.1) is 0 Å². The van der Waals surface area contributed by atoms with Crippen molar-refractivity contribution in [1.29, 1.82) is 0 Å². The van der Waals surface area contributed by atoms with E-state index in [1.807, 2.05) is 0 Å². The van der Waals surface area contributed by atoms with Crippen molar-refractivity contribution >= 4 is 23.2 Å². The Hall–Kier alpha value is -0.280. The molecule has 4 heteroatoms. The van der Waals surface area contributed by atoms with Crippen molar-refractivity contribution in [3.63, 3.8) is 0 Å². The Morgan fingerprint density at radius 1 is 1.38 bits per heavy atom. The average molecular weight is 262 g/mol. The van der Waals surface area contributed by atoms with Crippen molar-refractivity contribution in [2.24, 2.45) is 11.7 Å². The van der Waals surface area contributed by atoms with E-state index < -0.39 is 6.10 Å². The van der Waals surface area contributed by atoms with Crippen molar-refractivity contribution in [3.8, 4) is 0 Å². The maximum atomic E-state index is 10.2. The van der Waals surface area contributed by atoms with Gasteiger partial charge in [0.1, 0.15) is 0 Å². The molecule has 1 aromatic rings. The average Bonchev–Trinajstić information content (AvgIpc) is 2.25. The van der Waals surface area contributed by atoms with Crippen molar-refractivity contribution < 1.29 is 5.11 Å². The first-order valence-corrected chi connectivity index (χ1v) is 6.18. The van der Waals surface area contributed by atoms with Crippen molar-refractivity contribution in [3.05, 3.63) is 33.8 Å². The fraction of sp³-hybridized carbons (Fsp3) is 0.500. The van der Waals surface area contributed by atoms with Gasteiger partial charge in [0.15, 0.2) is 0 Å². The number of hydrogen-bond acceptors (Lipinski definition) is 2. The third-order valence-electron chi connectivity index (χ3n) is 2.69. The zero-order valence-corrected chi connectivity index (χ0v) is 10.8. The van der Waals surface area contributed by atoms with E-state index in [1.54, 1.807) is 18.2 Å². The monoisotopic (exact) mass is 261 g/mol. The first-order valence-electron chi connectivity index (χ1n) is 5.43. The number of halogens is 2. The lowest BCUT2D eigenvalue weighted by Gasteiger charge is -2.22. The molecule has 90 valence electrons. The summed E-state index contributed by atoms with van der Waals surface area (Å²) < 4.78 is 0. The molecule has 0 aromatic heterocycles. The zero-order valence-electron chi connectivity index (χ0n) is 9.29. The van der Waals surface area contributed by atoms with E-state index in [0.717, 1.165) is 12.8 Å². The number of nitrogens with two attached hydrogens (primary N) is 1. The largest absolute Gasteiger partial charge is 0.388 e. The molecule has 1 aromatic carbocycles. The van der Waals surface area contributed by atoms with Crippen LogP contribution in [0.3, 0.4) is 0 Å². The van der Waals surface area contributed by atoms with E-state index in [4.69, 9.17) is 28.9 Å². The van der Waals surface area contributed by atoms with Crippen LogP contribution in [0.2, 0.25) is 10.0 Å². The minimum Gasteiger partial charge on any atom is -0.388 e. The van der Waals surface area contributed by atoms with Crippen molar-refractivity contribution in [1.82, 2.24) is 0 Å². The van der Waals surface area contributed by atoms with Gasteiger partial charge in [0.2, 0.25) is 0 Å². The van der Waals surface area contributed by atoms with E-state index in [9.17, 15) is 5.11 Å². The number of aliphatic hydroxyl groups is 1. The second-order valence-corrected chi connectivity index (χ2v) is 4.74. The SMILES string of the molecule is CCCC(CN)C(O)c1ccc(Cl)cc1Cl. The lowest BCUT2D eigenvalue weighted by Crippen LogP contribution is -2.22. The Balaban J connectivity index is 2.89. The molecule has 2 atom stereocenters. The highest BCUT2D eigenvalue weighted by Gasteiger charge is 2.20. The minimum absolute atomic E-state index is 0.0451. The highest BCUT2D eigenvalue weighted by atomic mass is 35.5. The highest BCUT2D eigenvalue weighted by molar-refractivity contribution is 6.35. The van der Waals surface area contributed by atoms with Gasteiger partial charge in [-0.05, 0) is 30.7 Å². The van der Waals surface area contributed by atoms with Crippen molar-refractivity contribution in [2.45, 2.75) is 25.9 Å². The van der Waals surface area contributed by atoms with Crippen LogP contribution >= 0.6 is 23.2 Å².